The van der Waals surface area contributed by atoms with E-state index in [1.165, 1.54) is 44.1 Å². The number of amides is 2. The van der Waals surface area contributed by atoms with Crippen molar-refractivity contribution in [2.45, 2.75) is 37.0 Å². The zero-order valence-electron chi connectivity index (χ0n) is 14.0. The van der Waals surface area contributed by atoms with E-state index in [0.717, 1.165) is 22.9 Å². The summed E-state index contributed by atoms with van der Waals surface area (Å²) in [5.41, 5.74) is 0.795. The lowest BCUT2D eigenvalue weighted by molar-refractivity contribution is 0.209. The molecule has 6 heteroatoms. The van der Waals surface area contributed by atoms with Crippen molar-refractivity contribution in [1.29, 1.82) is 0 Å². The van der Waals surface area contributed by atoms with Gasteiger partial charge in [0.15, 0.2) is 0 Å². The molecule has 0 saturated heterocycles. The summed E-state index contributed by atoms with van der Waals surface area (Å²) >= 11 is 1.38. The number of aromatic nitrogens is 1. The molecule has 0 radical (unpaired) electrons. The molecule has 2 aromatic rings. The molecule has 0 unspecified atom stereocenters. The maximum atomic E-state index is 12.4. The summed E-state index contributed by atoms with van der Waals surface area (Å²) < 4.78 is 7.53. The van der Waals surface area contributed by atoms with Gasteiger partial charge in [-0.05, 0) is 43.0 Å². The molecule has 1 aliphatic carbocycles. The first-order valence-corrected chi connectivity index (χ1v) is 9.54. The SMILES string of the molecule is O=C1Nc2cc(OCC3CCCCC3)ccc2SN1c1ccccn1. The van der Waals surface area contributed by atoms with Crippen molar-refractivity contribution in [3.8, 4) is 5.75 Å². The summed E-state index contributed by atoms with van der Waals surface area (Å²) in [6, 6.07) is 11.2. The molecule has 1 fully saturated rings. The first kappa shape index (κ1) is 16.3. The van der Waals surface area contributed by atoms with Crippen LogP contribution in [-0.2, 0) is 0 Å². The number of rotatable bonds is 4. The number of pyridine rings is 1. The number of hydrogen-bond donors (Lipinski definition) is 1. The van der Waals surface area contributed by atoms with Crippen LogP contribution < -0.4 is 14.4 Å². The third kappa shape index (κ3) is 3.74. The third-order valence-corrected chi connectivity index (χ3v) is 5.72. The number of nitrogens with zero attached hydrogens (tertiary/aromatic N) is 2. The standard InChI is InChI=1S/C19H21N3O2S/c23-19-21-16-12-15(24-13-14-6-2-1-3-7-14)9-10-17(16)25-22(19)18-8-4-5-11-20-18/h4-5,8-12,14H,1-3,6-7,13H2,(H,21,23). The van der Waals surface area contributed by atoms with Gasteiger partial charge in [0.25, 0.3) is 0 Å². The van der Waals surface area contributed by atoms with Gasteiger partial charge < -0.3 is 10.1 Å². The van der Waals surface area contributed by atoms with Gasteiger partial charge in [0.2, 0.25) is 0 Å². The van der Waals surface area contributed by atoms with E-state index in [9.17, 15) is 4.79 Å². The van der Waals surface area contributed by atoms with Crippen LogP contribution in [0.15, 0.2) is 47.5 Å². The number of urea groups is 1. The van der Waals surface area contributed by atoms with Gasteiger partial charge in [0, 0.05) is 24.2 Å². The Morgan fingerprint density at radius 2 is 2.08 bits per heavy atom. The highest BCUT2D eigenvalue weighted by Crippen LogP contribution is 2.39. The zero-order valence-corrected chi connectivity index (χ0v) is 14.8. The van der Waals surface area contributed by atoms with Gasteiger partial charge in [-0.15, -0.1) is 0 Å². The monoisotopic (exact) mass is 355 g/mol. The van der Waals surface area contributed by atoms with Crippen molar-refractivity contribution in [2.24, 2.45) is 5.92 Å². The van der Waals surface area contributed by atoms with Crippen LogP contribution in [0.2, 0.25) is 0 Å². The van der Waals surface area contributed by atoms with Gasteiger partial charge in [-0.3, -0.25) is 0 Å². The molecule has 2 heterocycles. The Morgan fingerprint density at radius 1 is 1.20 bits per heavy atom. The second-order valence-electron chi connectivity index (χ2n) is 6.48. The lowest BCUT2D eigenvalue weighted by Crippen LogP contribution is -2.33. The highest BCUT2D eigenvalue weighted by atomic mass is 32.2. The number of nitrogens with one attached hydrogen (secondary N) is 1. The maximum Gasteiger partial charge on any atom is 0.338 e. The van der Waals surface area contributed by atoms with Crippen molar-refractivity contribution >= 4 is 29.5 Å². The predicted octanol–water partition coefficient (Wildman–Crippen LogP) is 5.10. The van der Waals surface area contributed by atoms with E-state index in [1.807, 2.05) is 36.4 Å². The van der Waals surface area contributed by atoms with Gasteiger partial charge in [-0.2, -0.15) is 0 Å². The number of benzene rings is 1. The molecule has 0 atom stereocenters. The maximum absolute atomic E-state index is 12.4. The van der Waals surface area contributed by atoms with Crippen molar-refractivity contribution in [3.63, 3.8) is 0 Å². The van der Waals surface area contributed by atoms with Crippen LogP contribution in [0.4, 0.5) is 16.3 Å². The van der Waals surface area contributed by atoms with Gasteiger partial charge in [-0.25, -0.2) is 14.1 Å². The summed E-state index contributed by atoms with van der Waals surface area (Å²) in [5.74, 6) is 2.10. The van der Waals surface area contributed by atoms with E-state index in [4.69, 9.17) is 4.74 Å². The predicted molar refractivity (Wildman–Crippen MR) is 100 cm³/mol. The number of carbonyl (C=O) groups excluding carboxylic acids is 1. The van der Waals surface area contributed by atoms with E-state index >= 15 is 0 Å². The number of hydrogen-bond acceptors (Lipinski definition) is 4. The van der Waals surface area contributed by atoms with E-state index in [0.29, 0.717) is 11.7 Å². The van der Waals surface area contributed by atoms with E-state index in [-0.39, 0.29) is 6.03 Å². The van der Waals surface area contributed by atoms with Gasteiger partial charge in [0.1, 0.15) is 11.6 Å². The van der Waals surface area contributed by atoms with Crippen LogP contribution in [0.5, 0.6) is 5.75 Å². The van der Waals surface area contributed by atoms with Crippen molar-refractivity contribution < 1.29 is 9.53 Å². The first-order chi connectivity index (χ1) is 12.3. The number of anilines is 2. The average molecular weight is 355 g/mol. The van der Waals surface area contributed by atoms with Crippen LogP contribution in [0.3, 0.4) is 0 Å². The second kappa shape index (κ2) is 7.35. The molecule has 1 aromatic carbocycles. The molecule has 4 rings (SSSR count). The highest BCUT2D eigenvalue weighted by Gasteiger charge is 2.26. The quantitative estimate of drug-likeness (QED) is 0.775. The largest absolute Gasteiger partial charge is 0.493 e. The molecule has 25 heavy (non-hydrogen) atoms. The van der Waals surface area contributed by atoms with Crippen LogP contribution in [0, 0.1) is 5.92 Å². The lowest BCUT2D eigenvalue weighted by Gasteiger charge is -2.27. The van der Waals surface area contributed by atoms with Crippen molar-refractivity contribution in [3.05, 3.63) is 42.6 Å². The normalized spacial score (nSPS) is 17.8. The average Bonchev–Trinajstić information content (AvgIpc) is 2.67. The molecule has 130 valence electrons. The Morgan fingerprint density at radius 3 is 2.88 bits per heavy atom. The van der Waals surface area contributed by atoms with Crippen LogP contribution in [-0.4, -0.2) is 17.6 Å². The molecule has 5 nitrogen and oxygen atoms in total. The topological polar surface area (TPSA) is 54.5 Å². The number of carbonyl (C=O) groups is 1. The van der Waals surface area contributed by atoms with E-state index in [2.05, 4.69) is 10.3 Å². The summed E-state index contributed by atoms with van der Waals surface area (Å²) in [6.45, 7) is 0.764. The molecule has 2 amide bonds. The Labute approximate surface area is 151 Å². The third-order valence-electron chi connectivity index (χ3n) is 4.63. The Bertz CT molecular complexity index is 748. The number of ether oxygens (including phenoxy) is 1. The summed E-state index contributed by atoms with van der Waals surface area (Å²) in [5, 5.41) is 2.93. The molecule has 2 aliphatic rings. The van der Waals surface area contributed by atoms with Crippen LogP contribution in [0.1, 0.15) is 32.1 Å². The van der Waals surface area contributed by atoms with Gasteiger partial charge >= 0.3 is 6.03 Å². The molecule has 0 spiro atoms. The fourth-order valence-corrected chi connectivity index (χ4v) is 4.14. The molecule has 0 bridgehead atoms. The van der Waals surface area contributed by atoms with Gasteiger partial charge in [-0.1, -0.05) is 25.3 Å². The molecule has 1 aliphatic heterocycles. The molecular weight excluding hydrogens is 334 g/mol. The van der Waals surface area contributed by atoms with Crippen molar-refractivity contribution in [2.75, 3.05) is 16.2 Å². The Hall–Kier alpha value is -2.21. The fourth-order valence-electron chi connectivity index (χ4n) is 3.27. The minimum atomic E-state index is -0.194. The smallest absolute Gasteiger partial charge is 0.338 e. The minimum absolute atomic E-state index is 0.194. The Kier molecular flexibility index (Phi) is 4.78. The van der Waals surface area contributed by atoms with Crippen molar-refractivity contribution in [1.82, 2.24) is 4.98 Å². The summed E-state index contributed by atoms with van der Waals surface area (Å²) in [6.07, 6.45) is 8.18. The van der Waals surface area contributed by atoms with E-state index in [1.54, 1.807) is 10.5 Å². The number of fused-ring (bicyclic) bond motifs is 1. The van der Waals surface area contributed by atoms with Crippen LogP contribution in [0.25, 0.3) is 0 Å². The lowest BCUT2D eigenvalue weighted by atomic mass is 9.90. The van der Waals surface area contributed by atoms with Gasteiger partial charge in [0.05, 0.1) is 17.2 Å². The highest BCUT2D eigenvalue weighted by molar-refractivity contribution is 8.01. The summed E-state index contributed by atoms with van der Waals surface area (Å²) in [4.78, 5) is 17.6. The first-order valence-electron chi connectivity index (χ1n) is 8.76. The molecule has 1 saturated carbocycles. The fraction of sp³-hybridized carbons (Fsp3) is 0.368. The van der Waals surface area contributed by atoms with Crippen LogP contribution >= 0.6 is 11.9 Å². The molecule has 1 aromatic heterocycles. The molecular formula is C19H21N3O2S. The molecule has 1 N–H and O–H groups in total. The van der Waals surface area contributed by atoms with E-state index < -0.39 is 0 Å². The Balaban J connectivity index is 1.45. The minimum Gasteiger partial charge on any atom is -0.493 e. The summed E-state index contributed by atoms with van der Waals surface area (Å²) in [7, 11) is 0. The zero-order chi connectivity index (χ0) is 17.1. The second-order valence-corrected chi connectivity index (χ2v) is 7.46.